The van der Waals surface area contributed by atoms with Gasteiger partial charge in [0.05, 0.1) is 5.69 Å². The monoisotopic (exact) mass is 456 g/mol. The average Bonchev–Trinajstić information content (AvgIpc) is 2.93. The molecular weight excluding hydrogens is 424 g/mol. The number of pyridine rings is 1. The van der Waals surface area contributed by atoms with Crippen molar-refractivity contribution in [3.05, 3.63) is 72.6 Å². The maximum atomic E-state index is 13.1. The van der Waals surface area contributed by atoms with Gasteiger partial charge in [-0.05, 0) is 49.1 Å². The van der Waals surface area contributed by atoms with Crippen LogP contribution < -0.4 is 4.90 Å². The number of aromatic nitrogens is 3. The molecule has 0 radical (unpaired) electrons. The van der Waals surface area contributed by atoms with Crippen LogP contribution >= 0.6 is 0 Å². The van der Waals surface area contributed by atoms with E-state index in [0.717, 1.165) is 82.2 Å². The van der Waals surface area contributed by atoms with Crippen LogP contribution in [0.2, 0.25) is 0 Å². The Morgan fingerprint density at radius 2 is 1.56 bits per heavy atom. The van der Waals surface area contributed by atoms with E-state index in [1.807, 2.05) is 24.3 Å². The molecule has 0 saturated carbocycles. The van der Waals surface area contributed by atoms with Gasteiger partial charge < -0.3 is 9.80 Å². The summed E-state index contributed by atoms with van der Waals surface area (Å²) >= 11 is 0. The zero-order valence-electron chi connectivity index (χ0n) is 19.6. The van der Waals surface area contributed by atoms with Crippen LogP contribution in [0, 0.1) is 5.92 Å². The van der Waals surface area contributed by atoms with Gasteiger partial charge in [0, 0.05) is 69.7 Å². The lowest BCUT2D eigenvalue weighted by molar-refractivity contribution is -0.138. The van der Waals surface area contributed by atoms with Crippen molar-refractivity contribution in [3.63, 3.8) is 0 Å². The molecule has 0 bridgehead atoms. The zero-order valence-corrected chi connectivity index (χ0v) is 19.6. The number of rotatable bonds is 6. The van der Waals surface area contributed by atoms with Gasteiger partial charge in [0.25, 0.3) is 0 Å². The molecule has 0 spiro atoms. The van der Waals surface area contributed by atoms with Crippen molar-refractivity contribution in [3.8, 4) is 11.3 Å². The van der Waals surface area contributed by atoms with Crippen molar-refractivity contribution in [1.29, 1.82) is 0 Å². The predicted molar refractivity (Wildman–Crippen MR) is 133 cm³/mol. The van der Waals surface area contributed by atoms with E-state index in [4.69, 9.17) is 0 Å². The van der Waals surface area contributed by atoms with Crippen LogP contribution in [0.4, 0.5) is 5.82 Å². The fraction of sp³-hybridized carbons (Fsp3) is 0.407. The van der Waals surface area contributed by atoms with Gasteiger partial charge in [0.2, 0.25) is 5.91 Å². The highest BCUT2D eigenvalue weighted by Crippen LogP contribution is 2.25. The van der Waals surface area contributed by atoms with E-state index in [1.54, 1.807) is 12.4 Å². The number of hydrogen-bond acceptors (Lipinski definition) is 6. The second-order valence-electron chi connectivity index (χ2n) is 9.18. The van der Waals surface area contributed by atoms with Gasteiger partial charge in [-0.2, -0.15) is 0 Å². The summed E-state index contributed by atoms with van der Waals surface area (Å²) in [4.78, 5) is 24.0. The quantitative estimate of drug-likeness (QED) is 0.568. The predicted octanol–water partition coefficient (Wildman–Crippen LogP) is 3.14. The van der Waals surface area contributed by atoms with Crippen LogP contribution in [0.5, 0.6) is 0 Å². The zero-order chi connectivity index (χ0) is 23.2. The molecule has 3 aromatic rings. The van der Waals surface area contributed by atoms with E-state index in [2.05, 4.69) is 60.2 Å². The van der Waals surface area contributed by atoms with Crippen molar-refractivity contribution >= 4 is 11.7 Å². The Morgan fingerprint density at radius 3 is 2.24 bits per heavy atom. The molecule has 5 rings (SSSR count). The molecule has 176 valence electrons. The third kappa shape index (κ3) is 5.42. The summed E-state index contributed by atoms with van der Waals surface area (Å²) < 4.78 is 0. The molecule has 2 aliphatic rings. The first-order valence-corrected chi connectivity index (χ1v) is 12.3. The van der Waals surface area contributed by atoms with Gasteiger partial charge in [0.1, 0.15) is 0 Å². The Kier molecular flexibility index (Phi) is 7.10. The molecule has 7 nitrogen and oxygen atoms in total. The fourth-order valence-electron chi connectivity index (χ4n) is 4.91. The van der Waals surface area contributed by atoms with Gasteiger partial charge in [-0.15, -0.1) is 10.2 Å². The minimum absolute atomic E-state index is 0.121. The van der Waals surface area contributed by atoms with Gasteiger partial charge in [0.15, 0.2) is 5.82 Å². The molecular formula is C27H32N6O. The highest BCUT2D eigenvalue weighted by Gasteiger charge is 2.30. The number of nitrogens with zero attached hydrogens (tertiary/aromatic N) is 6. The summed E-state index contributed by atoms with van der Waals surface area (Å²) in [6.07, 6.45) is 6.34. The van der Waals surface area contributed by atoms with E-state index >= 15 is 0 Å². The lowest BCUT2D eigenvalue weighted by atomic mass is 9.95. The largest absolute Gasteiger partial charge is 0.355 e. The van der Waals surface area contributed by atoms with Crippen LogP contribution in [0.25, 0.3) is 11.3 Å². The molecule has 4 heterocycles. The molecule has 1 amide bonds. The lowest BCUT2D eigenvalue weighted by Crippen LogP contribution is -2.52. The van der Waals surface area contributed by atoms with Gasteiger partial charge in [-0.25, -0.2) is 0 Å². The van der Waals surface area contributed by atoms with Crippen LogP contribution in [-0.2, 0) is 11.2 Å². The van der Waals surface area contributed by atoms with Crippen LogP contribution in [-0.4, -0.2) is 76.7 Å². The number of piperidine rings is 1. The highest BCUT2D eigenvalue weighted by atomic mass is 16.2. The van der Waals surface area contributed by atoms with Crippen LogP contribution in [0.15, 0.2) is 67.0 Å². The first kappa shape index (κ1) is 22.5. The molecule has 0 unspecified atom stereocenters. The number of hydrogen-bond donors (Lipinski definition) is 0. The summed E-state index contributed by atoms with van der Waals surface area (Å²) in [6, 6.07) is 18.5. The van der Waals surface area contributed by atoms with Crippen molar-refractivity contribution < 1.29 is 4.79 Å². The molecule has 2 aliphatic heterocycles. The number of piperazine rings is 1. The summed E-state index contributed by atoms with van der Waals surface area (Å²) in [7, 11) is 0. The molecule has 34 heavy (non-hydrogen) atoms. The van der Waals surface area contributed by atoms with Crippen molar-refractivity contribution in [2.45, 2.75) is 19.3 Å². The first-order chi connectivity index (χ1) is 16.8. The Labute approximate surface area is 201 Å². The fourth-order valence-corrected chi connectivity index (χ4v) is 4.91. The lowest BCUT2D eigenvalue weighted by Gasteiger charge is -2.38. The Hall–Kier alpha value is -3.32. The molecule has 7 heteroatoms. The SMILES string of the molecule is O=C(C1CCN(c2ccc(-c3ccncc3)nn2)CC1)N1CCN(CCc2ccccc2)CC1. The smallest absolute Gasteiger partial charge is 0.225 e. The third-order valence-corrected chi connectivity index (χ3v) is 7.04. The summed E-state index contributed by atoms with van der Waals surface area (Å²) in [5.74, 6) is 1.34. The highest BCUT2D eigenvalue weighted by molar-refractivity contribution is 5.79. The summed E-state index contributed by atoms with van der Waals surface area (Å²) in [5.41, 5.74) is 3.24. The maximum absolute atomic E-state index is 13.1. The normalized spacial score (nSPS) is 17.6. The van der Waals surface area contributed by atoms with E-state index in [1.165, 1.54) is 5.56 Å². The van der Waals surface area contributed by atoms with E-state index in [-0.39, 0.29) is 5.92 Å². The van der Waals surface area contributed by atoms with Gasteiger partial charge in [-0.3, -0.25) is 14.7 Å². The summed E-state index contributed by atoms with van der Waals surface area (Å²) in [6.45, 7) is 6.37. The van der Waals surface area contributed by atoms with Gasteiger partial charge >= 0.3 is 0 Å². The second kappa shape index (κ2) is 10.7. The Bertz CT molecular complexity index is 1040. The van der Waals surface area contributed by atoms with E-state index in [9.17, 15) is 4.79 Å². The van der Waals surface area contributed by atoms with Crippen LogP contribution in [0.3, 0.4) is 0 Å². The number of carbonyl (C=O) groups excluding carboxylic acids is 1. The maximum Gasteiger partial charge on any atom is 0.225 e. The minimum Gasteiger partial charge on any atom is -0.355 e. The molecule has 0 atom stereocenters. The average molecular weight is 457 g/mol. The third-order valence-electron chi connectivity index (χ3n) is 7.04. The molecule has 2 saturated heterocycles. The number of benzene rings is 1. The molecule has 0 aliphatic carbocycles. The second-order valence-corrected chi connectivity index (χ2v) is 9.18. The number of anilines is 1. The van der Waals surface area contributed by atoms with Crippen molar-refractivity contribution in [2.75, 3.05) is 50.7 Å². The van der Waals surface area contributed by atoms with E-state index < -0.39 is 0 Å². The topological polar surface area (TPSA) is 65.5 Å². The van der Waals surface area contributed by atoms with Crippen molar-refractivity contribution in [2.24, 2.45) is 5.92 Å². The summed E-state index contributed by atoms with van der Waals surface area (Å²) in [5, 5.41) is 8.83. The minimum atomic E-state index is 0.121. The van der Waals surface area contributed by atoms with Gasteiger partial charge in [-0.1, -0.05) is 30.3 Å². The number of amides is 1. The number of carbonyl (C=O) groups is 1. The Balaban J connectivity index is 1.07. The van der Waals surface area contributed by atoms with Crippen molar-refractivity contribution in [1.82, 2.24) is 25.0 Å². The van der Waals surface area contributed by atoms with E-state index in [0.29, 0.717) is 5.91 Å². The molecule has 2 aromatic heterocycles. The first-order valence-electron chi connectivity index (χ1n) is 12.3. The molecule has 2 fully saturated rings. The molecule has 0 N–H and O–H groups in total. The Morgan fingerprint density at radius 1 is 0.824 bits per heavy atom. The van der Waals surface area contributed by atoms with Crippen LogP contribution in [0.1, 0.15) is 18.4 Å². The standard InChI is InChI=1S/C27H32N6O/c34-27(33-20-18-31(19-21-33)15-10-22-4-2-1-3-5-22)24-11-16-32(17-12-24)26-7-6-25(29-30-26)23-8-13-28-14-9-23/h1-9,13-14,24H,10-12,15-21H2. The molecule has 1 aromatic carbocycles.